The Bertz CT molecular complexity index is 736. The number of nitrogens with one attached hydrogen (secondary N) is 1. The zero-order chi connectivity index (χ0) is 19.7. The molecule has 2 unspecified atom stereocenters. The molecule has 1 spiro atoms. The molecule has 152 valence electrons. The van der Waals surface area contributed by atoms with E-state index in [1.54, 1.807) is 6.92 Å². The maximum Gasteiger partial charge on any atom is 0.263 e. The summed E-state index contributed by atoms with van der Waals surface area (Å²) in [7, 11) is 0. The van der Waals surface area contributed by atoms with Crippen molar-refractivity contribution >= 4 is 11.8 Å². The first-order valence-electron chi connectivity index (χ1n) is 10.5. The highest BCUT2D eigenvalue weighted by Gasteiger charge is 2.58. The fourth-order valence-corrected chi connectivity index (χ4v) is 4.74. The summed E-state index contributed by atoms with van der Waals surface area (Å²) in [5, 5.41) is 3.39. The van der Waals surface area contributed by atoms with Gasteiger partial charge in [-0.25, -0.2) is 0 Å². The van der Waals surface area contributed by atoms with E-state index in [4.69, 9.17) is 4.74 Å². The van der Waals surface area contributed by atoms with Crippen LogP contribution >= 0.6 is 0 Å². The Morgan fingerprint density at radius 2 is 1.82 bits per heavy atom. The summed E-state index contributed by atoms with van der Waals surface area (Å²) in [6, 6.07) is 7.74. The van der Waals surface area contributed by atoms with E-state index in [0.717, 1.165) is 43.7 Å². The van der Waals surface area contributed by atoms with Crippen molar-refractivity contribution in [1.29, 1.82) is 0 Å². The van der Waals surface area contributed by atoms with Gasteiger partial charge in [-0.05, 0) is 69.3 Å². The normalized spacial score (nSPS) is 24.7. The second-order valence-corrected chi connectivity index (χ2v) is 8.60. The monoisotopic (exact) mass is 385 g/mol. The van der Waals surface area contributed by atoms with Gasteiger partial charge in [0.2, 0.25) is 5.91 Å². The molecular formula is C22H31N3O3. The van der Waals surface area contributed by atoms with E-state index in [1.807, 2.05) is 41.0 Å². The molecule has 28 heavy (non-hydrogen) atoms. The van der Waals surface area contributed by atoms with E-state index in [2.05, 4.69) is 5.32 Å². The largest absolute Gasteiger partial charge is 0.481 e. The molecule has 0 aromatic heterocycles. The summed E-state index contributed by atoms with van der Waals surface area (Å²) in [5.74, 6) is 1.23. The summed E-state index contributed by atoms with van der Waals surface area (Å²) in [6.45, 7) is 8.31. The first kappa shape index (κ1) is 19.2. The van der Waals surface area contributed by atoms with Crippen molar-refractivity contribution in [2.45, 2.75) is 39.2 Å². The minimum atomic E-state index is -0.523. The molecule has 3 fully saturated rings. The molecule has 2 atom stereocenters. The smallest absolute Gasteiger partial charge is 0.263 e. The molecule has 1 aromatic carbocycles. The number of piperidine rings is 1. The lowest BCUT2D eigenvalue weighted by atomic mass is 9.91. The Kier molecular flexibility index (Phi) is 5.32. The minimum absolute atomic E-state index is 0.00477. The van der Waals surface area contributed by atoms with Crippen LogP contribution in [0.15, 0.2) is 24.3 Å². The van der Waals surface area contributed by atoms with Crippen LogP contribution in [0, 0.1) is 18.3 Å². The third kappa shape index (κ3) is 3.88. The molecule has 2 amide bonds. The van der Waals surface area contributed by atoms with Gasteiger partial charge in [-0.2, -0.15) is 0 Å². The van der Waals surface area contributed by atoms with Crippen molar-refractivity contribution in [2.24, 2.45) is 11.3 Å². The van der Waals surface area contributed by atoms with E-state index in [0.29, 0.717) is 32.1 Å². The zero-order valence-corrected chi connectivity index (χ0v) is 16.9. The third-order valence-electron chi connectivity index (χ3n) is 6.64. The van der Waals surface area contributed by atoms with Gasteiger partial charge in [0.1, 0.15) is 5.75 Å². The molecule has 0 radical (unpaired) electrons. The minimum Gasteiger partial charge on any atom is -0.481 e. The number of aryl methyl sites for hydroxylation is 1. The van der Waals surface area contributed by atoms with Crippen molar-refractivity contribution in [1.82, 2.24) is 15.1 Å². The van der Waals surface area contributed by atoms with Gasteiger partial charge in [-0.3, -0.25) is 9.59 Å². The average Bonchev–Trinajstić information content (AvgIpc) is 3.40. The average molecular weight is 386 g/mol. The summed E-state index contributed by atoms with van der Waals surface area (Å²) in [4.78, 5) is 29.4. The quantitative estimate of drug-likeness (QED) is 0.859. The number of amides is 2. The van der Waals surface area contributed by atoms with Crippen LogP contribution in [-0.4, -0.2) is 67.0 Å². The first-order chi connectivity index (χ1) is 13.5. The van der Waals surface area contributed by atoms with Gasteiger partial charge in [-0.15, -0.1) is 0 Å². The molecular weight excluding hydrogens is 354 g/mol. The van der Waals surface area contributed by atoms with E-state index >= 15 is 0 Å². The van der Waals surface area contributed by atoms with Gasteiger partial charge in [0.25, 0.3) is 5.91 Å². The highest BCUT2D eigenvalue weighted by Crippen LogP contribution is 2.59. The number of carbonyl (C=O) groups excluding carboxylic acids is 2. The number of piperazine rings is 1. The van der Waals surface area contributed by atoms with Gasteiger partial charge in [0, 0.05) is 32.1 Å². The van der Waals surface area contributed by atoms with Gasteiger partial charge in [0.05, 0.1) is 0 Å². The van der Waals surface area contributed by atoms with Crippen LogP contribution < -0.4 is 10.1 Å². The maximum absolute atomic E-state index is 12.9. The lowest BCUT2D eigenvalue weighted by molar-refractivity contribution is -0.144. The molecule has 6 nitrogen and oxygen atoms in total. The van der Waals surface area contributed by atoms with Crippen molar-refractivity contribution in [3.8, 4) is 5.75 Å². The molecule has 6 heteroatoms. The van der Waals surface area contributed by atoms with Crippen LogP contribution in [0.1, 0.15) is 31.7 Å². The predicted molar refractivity (Wildman–Crippen MR) is 107 cm³/mol. The molecule has 2 saturated heterocycles. The second-order valence-electron chi connectivity index (χ2n) is 8.60. The number of hydrogen-bond acceptors (Lipinski definition) is 4. The third-order valence-corrected chi connectivity index (χ3v) is 6.64. The Morgan fingerprint density at radius 3 is 2.50 bits per heavy atom. The maximum atomic E-state index is 12.9. The number of hydrogen-bond donors (Lipinski definition) is 1. The number of rotatable bonds is 4. The molecule has 3 aliphatic rings. The fraction of sp³-hybridized carbons (Fsp3) is 0.636. The molecule has 2 aliphatic heterocycles. The van der Waals surface area contributed by atoms with Crippen molar-refractivity contribution in [2.75, 3.05) is 39.3 Å². The molecule has 1 saturated carbocycles. The molecule has 0 bridgehead atoms. The van der Waals surface area contributed by atoms with Crippen molar-refractivity contribution in [3.05, 3.63) is 29.8 Å². The Hall–Kier alpha value is -2.08. The van der Waals surface area contributed by atoms with Crippen LogP contribution in [0.2, 0.25) is 0 Å². The molecule has 1 aliphatic carbocycles. The number of benzene rings is 1. The molecule has 4 rings (SSSR count). The summed E-state index contributed by atoms with van der Waals surface area (Å²) >= 11 is 0. The summed E-state index contributed by atoms with van der Waals surface area (Å²) in [6.07, 6.45) is 2.77. The van der Waals surface area contributed by atoms with Crippen molar-refractivity contribution < 1.29 is 14.3 Å². The Balaban J connectivity index is 1.26. The van der Waals surface area contributed by atoms with Gasteiger partial charge < -0.3 is 19.9 Å². The Morgan fingerprint density at radius 1 is 1.14 bits per heavy atom. The SMILES string of the molecule is Cc1cccc(OC(C)C(=O)N2CCN(C(=O)C3CC34CCNCC4)CC2)c1. The van der Waals surface area contributed by atoms with E-state index < -0.39 is 6.10 Å². The molecule has 1 N–H and O–H groups in total. The van der Waals surface area contributed by atoms with Gasteiger partial charge >= 0.3 is 0 Å². The number of nitrogens with zero attached hydrogens (tertiary/aromatic N) is 2. The number of ether oxygens (including phenoxy) is 1. The predicted octanol–water partition coefficient (Wildman–Crippen LogP) is 1.82. The zero-order valence-electron chi connectivity index (χ0n) is 16.9. The highest BCUT2D eigenvalue weighted by molar-refractivity contribution is 5.84. The van der Waals surface area contributed by atoms with E-state index in [-0.39, 0.29) is 17.2 Å². The van der Waals surface area contributed by atoms with Crippen molar-refractivity contribution in [3.63, 3.8) is 0 Å². The van der Waals surface area contributed by atoms with Crippen LogP contribution in [0.3, 0.4) is 0 Å². The van der Waals surface area contributed by atoms with Gasteiger partial charge in [0.15, 0.2) is 6.10 Å². The summed E-state index contributed by atoms with van der Waals surface area (Å²) < 4.78 is 5.83. The highest BCUT2D eigenvalue weighted by atomic mass is 16.5. The standard InChI is InChI=1S/C22H31N3O3/c1-16-4-3-5-18(14-16)28-17(2)20(26)24-10-12-25(13-11-24)21(27)19-15-22(19)6-8-23-9-7-22/h3-5,14,17,19,23H,6-13,15H2,1-2H3. The van der Waals surface area contributed by atoms with Crippen LogP contribution in [0.4, 0.5) is 0 Å². The summed E-state index contributed by atoms with van der Waals surface area (Å²) in [5.41, 5.74) is 1.38. The van der Waals surface area contributed by atoms with Crippen LogP contribution in [0.5, 0.6) is 5.75 Å². The lowest BCUT2D eigenvalue weighted by Gasteiger charge is -2.36. The van der Waals surface area contributed by atoms with E-state index in [9.17, 15) is 9.59 Å². The Labute approximate surface area is 167 Å². The van der Waals surface area contributed by atoms with Crippen LogP contribution in [-0.2, 0) is 9.59 Å². The second kappa shape index (κ2) is 7.74. The number of carbonyl (C=O) groups is 2. The van der Waals surface area contributed by atoms with Gasteiger partial charge in [-0.1, -0.05) is 12.1 Å². The fourth-order valence-electron chi connectivity index (χ4n) is 4.74. The lowest BCUT2D eigenvalue weighted by Crippen LogP contribution is -2.53. The van der Waals surface area contributed by atoms with E-state index in [1.165, 1.54) is 0 Å². The molecule has 1 aromatic rings. The topological polar surface area (TPSA) is 61.9 Å². The van der Waals surface area contributed by atoms with Crippen LogP contribution in [0.25, 0.3) is 0 Å². The first-order valence-corrected chi connectivity index (χ1v) is 10.5. The molecule has 2 heterocycles.